The highest BCUT2D eigenvalue weighted by atomic mass is 79.9. The molecule has 3 aliphatic rings. The number of ether oxygens (including phenoxy) is 2. The summed E-state index contributed by atoms with van der Waals surface area (Å²) in [6.45, 7) is 5.27. The SMILES string of the molecule is CC(C)(C)OC(=O)NC1CC2CCC(C1)N2C(=O)C(NS(=O)(=O)c1ccc2cc(OC3CCCCC3)ccc2c1)C(F)(F)c1ccc(Br)cc1. The highest BCUT2D eigenvalue weighted by Gasteiger charge is 2.54. The largest absolute Gasteiger partial charge is 0.490 e. The van der Waals surface area contributed by atoms with Crippen LogP contribution in [0.5, 0.6) is 5.75 Å². The van der Waals surface area contributed by atoms with Gasteiger partial charge in [0.15, 0.2) is 6.04 Å². The Morgan fingerprint density at radius 1 is 0.880 bits per heavy atom. The topological polar surface area (TPSA) is 114 Å². The monoisotopic (exact) mass is 775 g/mol. The summed E-state index contributed by atoms with van der Waals surface area (Å²) in [5.41, 5.74) is -1.20. The second kappa shape index (κ2) is 14.4. The first-order valence-electron chi connectivity index (χ1n) is 17.3. The Morgan fingerprint density at radius 2 is 1.50 bits per heavy atom. The zero-order valence-corrected chi connectivity index (χ0v) is 30.9. The summed E-state index contributed by atoms with van der Waals surface area (Å²) in [4.78, 5) is 27.9. The molecule has 2 heterocycles. The summed E-state index contributed by atoms with van der Waals surface area (Å²) >= 11 is 3.25. The third kappa shape index (κ3) is 8.26. The molecule has 9 nitrogen and oxygen atoms in total. The summed E-state index contributed by atoms with van der Waals surface area (Å²) < 4.78 is 75.0. The van der Waals surface area contributed by atoms with E-state index in [1.54, 1.807) is 39.0 Å². The average Bonchev–Trinajstić information content (AvgIpc) is 3.32. The molecule has 2 N–H and O–H groups in total. The smallest absolute Gasteiger partial charge is 0.407 e. The number of hydrogen-bond donors (Lipinski definition) is 2. The molecule has 3 atom stereocenters. The van der Waals surface area contributed by atoms with Gasteiger partial charge in [-0.05, 0) is 119 Å². The van der Waals surface area contributed by atoms with Crippen LogP contribution in [-0.4, -0.2) is 61.2 Å². The quantitative estimate of drug-likeness (QED) is 0.230. The number of hydrogen-bond acceptors (Lipinski definition) is 6. The van der Waals surface area contributed by atoms with Crippen LogP contribution in [0.25, 0.3) is 10.8 Å². The van der Waals surface area contributed by atoms with Gasteiger partial charge in [0.05, 0.1) is 11.0 Å². The average molecular weight is 777 g/mol. The van der Waals surface area contributed by atoms with Crippen molar-refractivity contribution in [2.24, 2.45) is 0 Å². The van der Waals surface area contributed by atoms with Crippen LogP contribution in [0.3, 0.4) is 0 Å². The van der Waals surface area contributed by atoms with Crippen LogP contribution in [-0.2, 0) is 25.5 Å². The highest BCUT2D eigenvalue weighted by Crippen LogP contribution is 2.41. The lowest BCUT2D eigenvalue weighted by Gasteiger charge is -2.42. The fourth-order valence-corrected chi connectivity index (χ4v) is 8.93. The molecule has 6 rings (SSSR count). The maximum Gasteiger partial charge on any atom is 0.407 e. The van der Waals surface area contributed by atoms with E-state index >= 15 is 8.78 Å². The Labute approximate surface area is 300 Å². The third-order valence-electron chi connectivity index (χ3n) is 9.77. The fraction of sp³-hybridized carbons (Fsp3) is 0.514. The number of alkyl halides is 2. The summed E-state index contributed by atoms with van der Waals surface area (Å²) in [6, 6.07) is 11.3. The Morgan fingerprint density at radius 3 is 2.14 bits per heavy atom. The van der Waals surface area contributed by atoms with E-state index in [1.807, 2.05) is 6.07 Å². The van der Waals surface area contributed by atoms with Gasteiger partial charge in [0, 0.05) is 28.2 Å². The summed E-state index contributed by atoms with van der Waals surface area (Å²) in [7, 11) is -4.62. The van der Waals surface area contributed by atoms with Gasteiger partial charge in [0.25, 0.3) is 5.92 Å². The predicted molar refractivity (Wildman–Crippen MR) is 190 cm³/mol. The van der Waals surface area contributed by atoms with Crippen molar-refractivity contribution in [1.29, 1.82) is 0 Å². The Kier molecular flexibility index (Phi) is 10.5. The molecule has 3 aromatic rings. The van der Waals surface area contributed by atoms with Crippen LogP contribution in [0.15, 0.2) is 70.0 Å². The van der Waals surface area contributed by atoms with E-state index in [0.717, 1.165) is 31.1 Å². The standard InChI is InChI=1S/C37H44BrF2N3O6S/c1-36(2,3)49-35(45)41-27-21-28-15-16-29(22-27)43(28)34(44)33(37(39,40)25-11-13-26(38)14-12-25)42-50(46,47)32-18-10-23-19-31(17-9-24(23)20-32)48-30-7-5-4-6-8-30/h9-14,17-20,27-30,33,42H,4-8,15-16,21-22H2,1-3H3,(H,41,45). The van der Waals surface area contributed by atoms with Crippen LogP contribution < -0.4 is 14.8 Å². The number of fused-ring (bicyclic) bond motifs is 3. The first-order valence-corrected chi connectivity index (χ1v) is 19.5. The van der Waals surface area contributed by atoms with E-state index in [-0.39, 0.29) is 17.0 Å². The van der Waals surface area contributed by atoms with Crippen molar-refractivity contribution in [3.63, 3.8) is 0 Å². The second-order valence-corrected chi connectivity index (χ2v) is 17.3. The minimum Gasteiger partial charge on any atom is -0.490 e. The van der Waals surface area contributed by atoms with Crippen LogP contribution in [0.1, 0.15) is 84.1 Å². The molecule has 2 bridgehead atoms. The molecule has 50 heavy (non-hydrogen) atoms. The van der Waals surface area contributed by atoms with Crippen LogP contribution in [0.2, 0.25) is 0 Å². The van der Waals surface area contributed by atoms with Crippen LogP contribution in [0.4, 0.5) is 13.6 Å². The van der Waals surface area contributed by atoms with Crippen molar-refractivity contribution < 1.29 is 36.3 Å². The van der Waals surface area contributed by atoms with E-state index in [9.17, 15) is 18.0 Å². The Balaban J connectivity index is 1.25. The number of carbonyl (C=O) groups is 2. The molecule has 2 saturated heterocycles. The molecule has 0 aromatic heterocycles. The van der Waals surface area contributed by atoms with Gasteiger partial charge < -0.3 is 19.7 Å². The van der Waals surface area contributed by atoms with Crippen molar-refractivity contribution in [3.05, 3.63) is 70.7 Å². The molecule has 3 unspecified atom stereocenters. The van der Waals surface area contributed by atoms with Crippen LogP contribution in [0, 0.1) is 0 Å². The van der Waals surface area contributed by atoms with Gasteiger partial charge in [-0.15, -0.1) is 0 Å². The molecule has 2 amide bonds. The van der Waals surface area contributed by atoms with Gasteiger partial charge in [0.2, 0.25) is 15.9 Å². The molecule has 13 heteroatoms. The first-order chi connectivity index (χ1) is 23.6. The van der Waals surface area contributed by atoms with Gasteiger partial charge in [-0.2, -0.15) is 13.5 Å². The predicted octanol–water partition coefficient (Wildman–Crippen LogP) is 7.80. The molecule has 1 aliphatic carbocycles. The Hall–Kier alpha value is -3.29. The fourth-order valence-electron chi connectivity index (χ4n) is 7.44. The number of alkyl carbamates (subject to hydrolysis) is 1. The minimum atomic E-state index is -4.62. The van der Waals surface area contributed by atoms with Gasteiger partial charge in [-0.1, -0.05) is 46.6 Å². The lowest BCUT2D eigenvalue weighted by molar-refractivity contribution is -0.149. The number of sulfonamides is 1. The number of halogens is 3. The Bertz CT molecular complexity index is 1810. The summed E-state index contributed by atoms with van der Waals surface area (Å²) in [6.07, 6.45) is 6.77. The second-order valence-electron chi connectivity index (χ2n) is 14.7. The number of nitrogens with one attached hydrogen (secondary N) is 2. The molecule has 3 aromatic carbocycles. The van der Waals surface area contributed by atoms with Gasteiger partial charge >= 0.3 is 6.09 Å². The molecular formula is C37H44BrF2N3O6S. The highest BCUT2D eigenvalue weighted by molar-refractivity contribution is 9.10. The number of amides is 2. The zero-order valence-electron chi connectivity index (χ0n) is 28.5. The van der Waals surface area contributed by atoms with E-state index in [4.69, 9.17) is 9.47 Å². The van der Waals surface area contributed by atoms with Gasteiger partial charge in [0.1, 0.15) is 11.4 Å². The minimum absolute atomic E-state index is 0.147. The molecule has 0 spiro atoms. The number of rotatable bonds is 9. The summed E-state index contributed by atoms with van der Waals surface area (Å²) in [5, 5.41) is 4.18. The maximum absolute atomic E-state index is 16.5. The van der Waals surface area contributed by atoms with Crippen molar-refractivity contribution in [2.75, 3.05) is 0 Å². The molecule has 0 radical (unpaired) electrons. The number of benzene rings is 3. The van der Waals surface area contributed by atoms with Crippen molar-refractivity contribution in [1.82, 2.24) is 14.9 Å². The first kappa shape index (κ1) is 36.5. The molecule has 1 saturated carbocycles. The summed E-state index contributed by atoms with van der Waals surface area (Å²) in [5.74, 6) is -4.22. The van der Waals surface area contributed by atoms with E-state index < -0.39 is 57.2 Å². The normalized spacial score (nSPS) is 22.3. The van der Waals surface area contributed by atoms with E-state index in [1.165, 1.54) is 47.7 Å². The van der Waals surface area contributed by atoms with E-state index in [0.29, 0.717) is 41.3 Å². The molecule has 270 valence electrons. The van der Waals surface area contributed by atoms with E-state index in [2.05, 4.69) is 26.0 Å². The number of piperidine rings is 1. The van der Waals surface area contributed by atoms with Crippen LogP contribution >= 0.6 is 15.9 Å². The van der Waals surface area contributed by atoms with Crippen molar-refractivity contribution in [2.45, 2.75) is 125 Å². The molecule has 2 aliphatic heterocycles. The molecule has 3 fully saturated rings. The zero-order chi connectivity index (χ0) is 35.8. The third-order valence-corrected chi connectivity index (χ3v) is 11.7. The van der Waals surface area contributed by atoms with Crippen molar-refractivity contribution >= 4 is 48.7 Å². The lowest BCUT2D eigenvalue weighted by atomic mass is 9.94. The van der Waals surface area contributed by atoms with Gasteiger partial charge in [-0.3, -0.25) is 4.79 Å². The van der Waals surface area contributed by atoms with Crippen molar-refractivity contribution in [3.8, 4) is 5.75 Å². The lowest BCUT2D eigenvalue weighted by Crippen LogP contribution is -2.61. The number of carbonyl (C=O) groups excluding carboxylic acids is 2. The van der Waals surface area contributed by atoms with Gasteiger partial charge in [-0.25, -0.2) is 13.2 Å². The molecular weight excluding hydrogens is 732 g/mol. The maximum atomic E-state index is 16.5. The number of nitrogens with zero attached hydrogens (tertiary/aromatic N) is 1.